The zero-order chi connectivity index (χ0) is 17.2. The Morgan fingerprint density at radius 3 is 2.80 bits per heavy atom. The summed E-state index contributed by atoms with van der Waals surface area (Å²) in [5, 5.41) is 0.615. The van der Waals surface area contributed by atoms with Crippen molar-refractivity contribution in [2.24, 2.45) is 0 Å². The van der Waals surface area contributed by atoms with Crippen molar-refractivity contribution >= 4 is 11.6 Å². The van der Waals surface area contributed by atoms with Crippen LogP contribution in [-0.4, -0.2) is 36.4 Å². The average Bonchev–Trinajstić information content (AvgIpc) is 2.63. The van der Waals surface area contributed by atoms with Crippen LogP contribution in [0.2, 0.25) is 5.02 Å². The highest BCUT2D eigenvalue weighted by Gasteiger charge is 2.21. The number of aromatic nitrogens is 5. The van der Waals surface area contributed by atoms with Gasteiger partial charge in [-0.15, -0.1) is 0 Å². The highest BCUT2D eigenvalue weighted by atomic mass is 35.5. The van der Waals surface area contributed by atoms with E-state index in [4.69, 9.17) is 11.6 Å². The van der Waals surface area contributed by atoms with Gasteiger partial charge in [0.25, 0.3) is 5.56 Å². The van der Waals surface area contributed by atoms with E-state index in [9.17, 15) is 4.79 Å². The smallest absolute Gasteiger partial charge is 0.255 e. The highest BCUT2D eigenvalue weighted by Crippen LogP contribution is 2.19. The quantitative estimate of drug-likeness (QED) is 0.772. The van der Waals surface area contributed by atoms with Crippen molar-refractivity contribution in [3.05, 3.63) is 69.4 Å². The Morgan fingerprint density at radius 2 is 2.00 bits per heavy atom. The number of aromatic amines is 1. The van der Waals surface area contributed by atoms with Gasteiger partial charge in [0.2, 0.25) is 0 Å². The van der Waals surface area contributed by atoms with E-state index in [0.717, 1.165) is 17.8 Å². The van der Waals surface area contributed by atoms with Gasteiger partial charge >= 0.3 is 0 Å². The van der Waals surface area contributed by atoms with Crippen LogP contribution < -0.4 is 5.56 Å². The van der Waals surface area contributed by atoms with Crippen molar-refractivity contribution in [2.75, 3.05) is 6.54 Å². The molecule has 3 aromatic heterocycles. The molecule has 0 aliphatic carbocycles. The minimum atomic E-state index is -0.113. The molecular formula is C17H15ClN6O. The van der Waals surface area contributed by atoms with Crippen LogP contribution in [0.15, 0.2) is 42.0 Å². The van der Waals surface area contributed by atoms with Gasteiger partial charge in [-0.2, -0.15) is 0 Å². The van der Waals surface area contributed by atoms with Gasteiger partial charge in [-0.1, -0.05) is 11.6 Å². The number of hydrogen-bond donors (Lipinski definition) is 1. The first-order valence-electron chi connectivity index (χ1n) is 7.88. The number of nitrogens with one attached hydrogen (secondary N) is 1. The lowest BCUT2D eigenvalue weighted by molar-refractivity contribution is 0.241. The highest BCUT2D eigenvalue weighted by molar-refractivity contribution is 6.30. The van der Waals surface area contributed by atoms with Gasteiger partial charge in [-0.3, -0.25) is 14.7 Å². The second-order valence-corrected chi connectivity index (χ2v) is 6.38. The third-order valence-electron chi connectivity index (χ3n) is 4.15. The van der Waals surface area contributed by atoms with Gasteiger partial charge in [0.1, 0.15) is 12.2 Å². The van der Waals surface area contributed by atoms with Gasteiger partial charge < -0.3 is 4.98 Å². The van der Waals surface area contributed by atoms with Gasteiger partial charge in [0.05, 0.1) is 21.8 Å². The molecule has 25 heavy (non-hydrogen) atoms. The predicted octanol–water partition coefficient (Wildman–Crippen LogP) is 1.83. The maximum Gasteiger partial charge on any atom is 0.255 e. The number of rotatable bonds is 3. The maximum atomic E-state index is 12.5. The van der Waals surface area contributed by atoms with Crippen LogP contribution in [-0.2, 0) is 19.5 Å². The summed E-state index contributed by atoms with van der Waals surface area (Å²) in [6, 6.07) is 1.89. The first-order chi connectivity index (χ1) is 12.2. The first kappa shape index (κ1) is 15.9. The molecule has 1 aliphatic rings. The number of hydrogen-bond acceptors (Lipinski definition) is 6. The minimum absolute atomic E-state index is 0.113. The van der Waals surface area contributed by atoms with Crippen LogP contribution in [0.25, 0.3) is 11.4 Å². The number of H-pyrrole nitrogens is 1. The fourth-order valence-electron chi connectivity index (χ4n) is 2.97. The Balaban J connectivity index is 1.58. The van der Waals surface area contributed by atoms with E-state index >= 15 is 0 Å². The Bertz CT molecular complexity index is 959. The van der Waals surface area contributed by atoms with E-state index in [2.05, 4.69) is 29.8 Å². The molecule has 0 radical (unpaired) electrons. The summed E-state index contributed by atoms with van der Waals surface area (Å²) in [6.07, 6.45) is 8.84. The summed E-state index contributed by atoms with van der Waals surface area (Å²) in [6.45, 7) is 2.07. The fraction of sp³-hybridized carbons (Fsp3) is 0.235. The standard InChI is InChI=1S/C17H15ClN6O/c18-13-3-11(4-19-7-13)8-24-2-1-15-14(9-24)17(25)23-16(22-15)12-5-20-10-21-6-12/h3-7,10H,1-2,8-9H2,(H,22,23,25). The average molecular weight is 355 g/mol. The minimum Gasteiger partial charge on any atom is -0.306 e. The number of nitrogens with zero attached hydrogens (tertiary/aromatic N) is 5. The molecule has 4 heterocycles. The Kier molecular flexibility index (Phi) is 4.25. The summed E-state index contributed by atoms with van der Waals surface area (Å²) in [7, 11) is 0. The molecular weight excluding hydrogens is 340 g/mol. The molecule has 0 spiro atoms. The largest absolute Gasteiger partial charge is 0.306 e. The number of pyridine rings is 1. The summed E-state index contributed by atoms with van der Waals surface area (Å²) >= 11 is 5.99. The number of halogens is 1. The van der Waals surface area contributed by atoms with Gasteiger partial charge in [0.15, 0.2) is 0 Å². The second-order valence-electron chi connectivity index (χ2n) is 5.94. The molecule has 7 nitrogen and oxygen atoms in total. The molecule has 8 heteroatoms. The van der Waals surface area contributed by atoms with E-state index in [1.165, 1.54) is 6.33 Å². The van der Waals surface area contributed by atoms with Crippen LogP contribution in [0.4, 0.5) is 0 Å². The van der Waals surface area contributed by atoms with Crippen LogP contribution in [0, 0.1) is 0 Å². The van der Waals surface area contributed by atoms with Gasteiger partial charge in [-0.05, 0) is 11.6 Å². The van der Waals surface area contributed by atoms with E-state index in [1.54, 1.807) is 24.8 Å². The van der Waals surface area contributed by atoms with E-state index in [-0.39, 0.29) is 5.56 Å². The Morgan fingerprint density at radius 1 is 1.16 bits per heavy atom. The molecule has 1 aliphatic heterocycles. The molecule has 0 aromatic carbocycles. The lowest BCUT2D eigenvalue weighted by Crippen LogP contribution is -2.35. The molecule has 0 saturated heterocycles. The van der Waals surface area contributed by atoms with Crippen molar-refractivity contribution in [3.63, 3.8) is 0 Å². The van der Waals surface area contributed by atoms with Gasteiger partial charge in [0, 0.05) is 50.8 Å². The third kappa shape index (κ3) is 3.42. The maximum absolute atomic E-state index is 12.5. The molecule has 126 valence electrons. The van der Waals surface area contributed by atoms with Crippen molar-refractivity contribution < 1.29 is 0 Å². The lowest BCUT2D eigenvalue weighted by Gasteiger charge is -2.27. The van der Waals surface area contributed by atoms with E-state index in [0.29, 0.717) is 41.5 Å². The fourth-order valence-corrected chi connectivity index (χ4v) is 3.17. The summed E-state index contributed by atoms with van der Waals surface area (Å²) in [4.78, 5) is 34.2. The predicted molar refractivity (Wildman–Crippen MR) is 92.9 cm³/mol. The third-order valence-corrected chi connectivity index (χ3v) is 4.36. The molecule has 0 saturated carbocycles. The van der Waals surface area contributed by atoms with Crippen LogP contribution in [0.1, 0.15) is 16.8 Å². The monoisotopic (exact) mass is 354 g/mol. The molecule has 1 N–H and O–H groups in total. The summed E-state index contributed by atoms with van der Waals surface area (Å²) < 4.78 is 0. The SMILES string of the molecule is O=c1[nH]c(-c2cncnc2)nc2c1CN(Cc1cncc(Cl)c1)CC2. The topological polar surface area (TPSA) is 87.7 Å². The van der Waals surface area contributed by atoms with Crippen molar-refractivity contribution in [2.45, 2.75) is 19.5 Å². The zero-order valence-electron chi connectivity index (χ0n) is 13.3. The summed E-state index contributed by atoms with van der Waals surface area (Å²) in [5.74, 6) is 0.511. The summed E-state index contributed by atoms with van der Waals surface area (Å²) in [5.41, 5.74) is 3.16. The van der Waals surface area contributed by atoms with Crippen LogP contribution in [0.5, 0.6) is 0 Å². The molecule has 3 aromatic rings. The second kappa shape index (κ2) is 6.70. The Hall–Kier alpha value is -2.64. The molecule has 4 rings (SSSR count). The molecule has 0 amide bonds. The molecule has 0 atom stereocenters. The zero-order valence-corrected chi connectivity index (χ0v) is 14.1. The lowest BCUT2D eigenvalue weighted by atomic mass is 10.1. The first-order valence-corrected chi connectivity index (χ1v) is 8.26. The van der Waals surface area contributed by atoms with Crippen molar-refractivity contribution in [1.29, 1.82) is 0 Å². The van der Waals surface area contributed by atoms with Crippen molar-refractivity contribution in [3.8, 4) is 11.4 Å². The Labute approximate surface area is 148 Å². The van der Waals surface area contributed by atoms with Crippen LogP contribution in [0.3, 0.4) is 0 Å². The van der Waals surface area contributed by atoms with Gasteiger partial charge in [-0.25, -0.2) is 15.0 Å². The number of fused-ring (bicyclic) bond motifs is 1. The van der Waals surface area contributed by atoms with E-state index < -0.39 is 0 Å². The molecule has 0 fully saturated rings. The van der Waals surface area contributed by atoms with E-state index in [1.807, 2.05) is 6.07 Å². The normalized spacial score (nSPS) is 14.3. The van der Waals surface area contributed by atoms with Crippen LogP contribution >= 0.6 is 11.6 Å². The molecule has 0 unspecified atom stereocenters. The molecule has 0 bridgehead atoms. The van der Waals surface area contributed by atoms with Crippen molar-refractivity contribution in [1.82, 2.24) is 29.8 Å².